The van der Waals surface area contributed by atoms with E-state index >= 15 is 0 Å². The van der Waals surface area contributed by atoms with Gasteiger partial charge in [0.1, 0.15) is 17.6 Å². The smallest absolute Gasteiger partial charge is 0.251 e. The molecule has 0 saturated heterocycles. The number of ether oxygens (including phenoxy) is 2. The fraction of sp³-hybridized carbons (Fsp3) is 0.250. The van der Waals surface area contributed by atoms with Gasteiger partial charge in [-0.25, -0.2) is 0 Å². The van der Waals surface area contributed by atoms with Crippen LogP contribution in [0.15, 0.2) is 48.5 Å². The number of benzene rings is 2. The maximum atomic E-state index is 12.3. The second-order valence-corrected chi connectivity index (χ2v) is 5.75. The molecule has 1 atom stereocenters. The lowest BCUT2D eigenvalue weighted by Gasteiger charge is -2.18. The fourth-order valence-corrected chi connectivity index (χ4v) is 2.73. The molecule has 1 N–H and O–H groups in total. The third-order valence-corrected chi connectivity index (χ3v) is 4.00. The molecule has 0 radical (unpaired) electrons. The van der Waals surface area contributed by atoms with Crippen LogP contribution in [0.2, 0.25) is 0 Å². The van der Waals surface area contributed by atoms with Crippen LogP contribution in [0.25, 0.3) is 6.08 Å². The second kappa shape index (κ2) is 7.21. The topological polar surface area (TPSA) is 47.6 Å². The van der Waals surface area contributed by atoms with E-state index in [-0.39, 0.29) is 12.0 Å². The zero-order chi connectivity index (χ0) is 16.9. The first-order chi connectivity index (χ1) is 11.7. The van der Waals surface area contributed by atoms with Crippen LogP contribution < -0.4 is 14.8 Å². The van der Waals surface area contributed by atoms with E-state index in [1.807, 2.05) is 55.5 Å². The van der Waals surface area contributed by atoms with Crippen molar-refractivity contribution in [2.45, 2.75) is 19.4 Å². The van der Waals surface area contributed by atoms with Gasteiger partial charge in [0.25, 0.3) is 5.91 Å². The molecule has 1 aliphatic rings. The van der Waals surface area contributed by atoms with E-state index in [0.29, 0.717) is 12.1 Å². The minimum atomic E-state index is -0.0836. The lowest BCUT2D eigenvalue weighted by molar-refractivity contribution is 0.0954. The van der Waals surface area contributed by atoms with Crippen molar-refractivity contribution in [3.8, 4) is 11.5 Å². The highest BCUT2D eigenvalue weighted by molar-refractivity contribution is 5.95. The predicted molar refractivity (Wildman–Crippen MR) is 94.6 cm³/mol. The van der Waals surface area contributed by atoms with Crippen molar-refractivity contribution in [3.05, 3.63) is 65.2 Å². The molecule has 0 spiro atoms. The number of hydrogen-bond acceptors (Lipinski definition) is 3. The molecule has 0 bridgehead atoms. The summed E-state index contributed by atoms with van der Waals surface area (Å²) in [6, 6.07) is 13.3. The number of hydrogen-bond donors (Lipinski definition) is 1. The van der Waals surface area contributed by atoms with E-state index in [2.05, 4.69) is 5.32 Å². The monoisotopic (exact) mass is 323 g/mol. The zero-order valence-electron chi connectivity index (χ0n) is 13.9. The molecular weight excluding hydrogens is 302 g/mol. The largest absolute Gasteiger partial charge is 0.496 e. The maximum absolute atomic E-state index is 12.3. The highest BCUT2D eigenvalue weighted by Gasteiger charge is 2.13. The standard InChI is InChI=1S/C20H21NO3/c1-14-7-8-16-13-17(9-10-19(16)24-14)20(22)21-12-11-15-5-3-4-6-18(15)23-2/h3-10,13-14H,11-12H2,1-2H3,(H,21,22). The lowest BCUT2D eigenvalue weighted by atomic mass is 10.1. The molecule has 0 aliphatic carbocycles. The van der Waals surface area contributed by atoms with Crippen molar-refractivity contribution < 1.29 is 14.3 Å². The van der Waals surface area contributed by atoms with Crippen LogP contribution in [0.5, 0.6) is 11.5 Å². The number of methoxy groups -OCH3 is 1. The van der Waals surface area contributed by atoms with Gasteiger partial charge in [0.15, 0.2) is 0 Å². The Morgan fingerprint density at radius 2 is 2.08 bits per heavy atom. The SMILES string of the molecule is COc1ccccc1CCNC(=O)c1ccc2c(c1)C=CC(C)O2. The molecule has 1 amide bonds. The second-order valence-electron chi connectivity index (χ2n) is 5.75. The number of amides is 1. The van der Waals surface area contributed by atoms with E-state index in [4.69, 9.17) is 9.47 Å². The van der Waals surface area contributed by atoms with Crippen LogP contribution >= 0.6 is 0 Å². The summed E-state index contributed by atoms with van der Waals surface area (Å²) in [7, 11) is 1.65. The molecule has 0 aromatic heterocycles. The van der Waals surface area contributed by atoms with Crippen molar-refractivity contribution in [2.75, 3.05) is 13.7 Å². The Labute approximate surface area is 142 Å². The Hall–Kier alpha value is -2.75. The summed E-state index contributed by atoms with van der Waals surface area (Å²) in [5.74, 6) is 1.58. The van der Waals surface area contributed by atoms with Gasteiger partial charge in [0.05, 0.1) is 7.11 Å². The first-order valence-electron chi connectivity index (χ1n) is 8.06. The number of fused-ring (bicyclic) bond motifs is 1. The lowest BCUT2D eigenvalue weighted by Crippen LogP contribution is -2.26. The van der Waals surface area contributed by atoms with Crippen molar-refractivity contribution in [1.29, 1.82) is 0 Å². The van der Waals surface area contributed by atoms with Gasteiger partial charge in [-0.1, -0.05) is 24.3 Å². The number of rotatable bonds is 5. The molecule has 0 saturated carbocycles. The summed E-state index contributed by atoms with van der Waals surface area (Å²) in [6.45, 7) is 2.54. The Morgan fingerprint density at radius 3 is 2.92 bits per heavy atom. The van der Waals surface area contributed by atoms with E-state index < -0.39 is 0 Å². The van der Waals surface area contributed by atoms with Crippen LogP contribution in [-0.4, -0.2) is 25.7 Å². The molecule has 1 heterocycles. The highest BCUT2D eigenvalue weighted by Crippen LogP contribution is 2.26. The van der Waals surface area contributed by atoms with Crippen LogP contribution in [0.1, 0.15) is 28.4 Å². The van der Waals surface area contributed by atoms with Crippen molar-refractivity contribution in [1.82, 2.24) is 5.32 Å². The van der Waals surface area contributed by atoms with Crippen molar-refractivity contribution in [2.24, 2.45) is 0 Å². The maximum Gasteiger partial charge on any atom is 0.251 e. The molecular formula is C20H21NO3. The molecule has 2 aromatic carbocycles. The molecule has 124 valence electrons. The van der Waals surface area contributed by atoms with Gasteiger partial charge in [-0.15, -0.1) is 0 Å². The van der Waals surface area contributed by atoms with Gasteiger partial charge in [-0.2, -0.15) is 0 Å². The summed E-state index contributed by atoms with van der Waals surface area (Å²) in [4.78, 5) is 12.3. The molecule has 3 rings (SSSR count). The van der Waals surface area contributed by atoms with Crippen LogP contribution in [0, 0.1) is 0 Å². The number of nitrogens with one attached hydrogen (secondary N) is 1. The predicted octanol–water partition coefficient (Wildman–Crippen LogP) is 3.46. The fourth-order valence-electron chi connectivity index (χ4n) is 2.73. The molecule has 4 nitrogen and oxygen atoms in total. The molecule has 2 aromatic rings. The summed E-state index contributed by atoms with van der Waals surface area (Å²) in [6.07, 6.45) is 4.76. The Bertz CT molecular complexity index is 767. The molecule has 1 aliphatic heterocycles. The molecule has 0 fully saturated rings. The average molecular weight is 323 g/mol. The van der Waals surface area contributed by atoms with Gasteiger partial charge < -0.3 is 14.8 Å². The van der Waals surface area contributed by atoms with Gasteiger partial charge in [-0.3, -0.25) is 4.79 Å². The van der Waals surface area contributed by atoms with Gasteiger partial charge >= 0.3 is 0 Å². The summed E-state index contributed by atoms with van der Waals surface area (Å²) in [5.41, 5.74) is 2.65. The summed E-state index contributed by atoms with van der Waals surface area (Å²) < 4.78 is 11.0. The minimum absolute atomic E-state index is 0.0676. The van der Waals surface area contributed by atoms with E-state index in [9.17, 15) is 4.79 Å². The average Bonchev–Trinajstić information content (AvgIpc) is 2.61. The Kier molecular flexibility index (Phi) is 4.85. The Morgan fingerprint density at radius 1 is 1.25 bits per heavy atom. The zero-order valence-corrected chi connectivity index (χ0v) is 13.9. The third-order valence-electron chi connectivity index (χ3n) is 4.00. The third kappa shape index (κ3) is 3.59. The van der Waals surface area contributed by atoms with E-state index in [1.165, 1.54) is 0 Å². The quantitative estimate of drug-likeness (QED) is 0.916. The summed E-state index contributed by atoms with van der Waals surface area (Å²) in [5, 5.41) is 2.95. The first kappa shape index (κ1) is 16.1. The number of carbonyl (C=O) groups excluding carboxylic acids is 1. The van der Waals surface area contributed by atoms with Gasteiger partial charge in [-0.05, 0) is 49.2 Å². The van der Waals surface area contributed by atoms with E-state index in [0.717, 1.165) is 29.0 Å². The number of para-hydroxylation sites is 1. The molecule has 1 unspecified atom stereocenters. The number of carbonyl (C=O) groups is 1. The molecule has 24 heavy (non-hydrogen) atoms. The summed E-state index contributed by atoms with van der Waals surface area (Å²) >= 11 is 0. The highest BCUT2D eigenvalue weighted by atomic mass is 16.5. The van der Waals surface area contributed by atoms with Gasteiger partial charge in [0.2, 0.25) is 0 Å². The van der Waals surface area contributed by atoms with Gasteiger partial charge in [0, 0.05) is 17.7 Å². The van der Waals surface area contributed by atoms with Crippen molar-refractivity contribution >= 4 is 12.0 Å². The first-order valence-corrected chi connectivity index (χ1v) is 8.06. The minimum Gasteiger partial charge on any atom is -0.496 e. The van der Waals surface area contributed by atoms with E-state index in [1.54, 1.807) is 13.2 Å². The van der Waals surface area contributed by atoms with Crippen LogP contribution in [0.3, 0.4) is 0 Å². The normalized spacial score (nSPS) is 15.3. The Balaban J connectivity index is 1.61. The van der Waals surface area contributed by atoms with Crippen LogP contribution in [-0.2, 0) is 6.42 Å². The molecule has 4 heteroatoms. The van der Waals surface area contributed by atoms with Crippen molar-refractivity contribution in [3.63, 3.8) is 0 Å². The van der Waals surface area contributed by atoms with Crippen LogP contribution in [0.4, 0.5) is 0 Å².